The molecule has 1 aromatic carbocycles. The van der Waals surface area contributed by atoms with Crippen molar-refractivity contribution in [3.8, 4) is 6.07 Å². The number of fused-ring (bicyclic) bond motifs is 1. The van der Waals surface area contributed by atoms with Gasteiger partial charge in [-0.2, -0.15) is 5.26 Å². The molecule has 1 aliphatic rings. The quantitative estimate of drug-likeness (QED) is 0.667. The maximum absolute atomic E-state index is 9.15. The minimum absolute atomic E-state index is 0.657. The number of allylic oxidation sites excluding steroid dienone is 2. The van der Waals surface area contributed by atoms with Crippen LogP contribution >= 0.6 is 12.2 Å². The molecule has 4 heteroatoms. The molecule has 0 aliphatic heterocycles. The van der Waals surface area contributed by atoms with E-state index >= 15 is 0 Å². The molecule has 3 rings (SSSR count). The van der Waals surface area contributed by atoms with Crippen LogP contribution < -0.4 is 0 Å². The summed E-state index contributed by atoms with van der Waals surface area (Å²) in [5.74, 6) is 0. The van der Waals surface area contributed by atoms with Gasteiger partial charge in [-0.25, -0.2) is 0 Å². The predicted molar refractivity (Wildman–Crippen MR) is 83.0 cm³/mol. The van der Waals surface area contributed by atoms with Crippen molar-refractivity contribution in [2.75, 3.05) is 0 Å². The van der Waals surface area contributed by atoms with Gasteiger partial charge in [-0.15, -0.1) is 0 Å². The van der Waals surface area contributed by atoms with Crippen LogP contribution in [-0.4, -0.2) is 9.55 Å². The van der Waals surface area contributed by atoms with E-state index in [-0.39, 0.29) is 0 Å². The van der Waals surface area contributed by atoms with E-state index in [9.17, 15) is 0 Å². The number of para-hydroxylation sites is 1. The summed E-state index contributed by atoms with van der Waals surface area (Å²) in [5.41, 5.74) is 4.09. The van der Waals surface area contributed by atoms with E-state index < -0.39 is 0 Å². The lowest BCUT2D eigenvalue weighted by Crippen LogP contribution is -2.01. The fourth-order valence-electron chi connectivity index (χ4n) is 2.88. The number of benzene rings is 1. The number of hydrogen-bond donors (Lipinski definition) is 1. The van der Waals surface area contributed by atoms with Gasteiger partial charge in [0, 0.05) is 6.54 Å². The third-order valence-electron chi connectivity index (χ3n) is 3.97. The van der Waals surface area contributed by atoms with Crippen LogP contribution in [0.3, 0.4) is 0 Å². The standard InChI is InChI=1S/C16H17N3S/c17-11-13-7-4-8-14-15(13)18-16(20)19(14)10-9-12-5-2-1-3-6-12/h4-5,7-8H,1-3,6,9-10H2,(H,18,20). The van der Waals surface area contributed by atoms with E-state index in [1.54, 1.807) is 5.57 Å². The zero-order valence-electron chi connectivity index (χ0n) is 11.4. The molecule has 0 bridgehead atoms. The molecular formula is C16H17N3S. The lowest BCUT2D eigenvalue weighted by atomic mass is 9.97. The van der Waals surface area contributed by atoms with Crippen molar-refractivity contribution in [3.63, 3.8) is 0 Å². The second-order valence-corrected chi connectivity index (χ2v) is 5.64. The highest BCUT2D eigenvalue weighted by Gasteiger charge is 2.09. The van der Waals surface area contributed by atoms with E-state index in [1.807, 2.05) is 18.2 Å². The molecule has 1 aliphatic carbocycles. The van der Waals surface area contributed by atoms with Gasteiger partial charge >= 0.3 is 0 Å². The van der Waals surface area contributed by atoms with Gasteiger partial charge in [0.05, 0.1) is 16.6 Å². The number of nitriles is 1. The van der Waals surface area contributed by atoms with Gasteiger partial charge in [0.2, 0.25) is 0 Å². The van der Waals surface area contributed by atoms with E-state index in [2.05, 4.69) is 21.7 Å². The van der Waals surface area contributed by atoms with E-state index in [0.717, 1.165) is 24.0 Å². The lowest BCUT2D eigenvalue weighted by molar-refractivity contribution is 0.630. The first kappa shape index (κ1) is 13.1. The van der Waals surface area contributed by atoms with Crippen LogP contribution in [0.1, 0.15) is 37.7 Å². The maximum atomic E-state index is 9.15. The third kappa shape index (κ3) is 2.41. The first-order valence-corrected chi connectivity index (χ1v) is 7.50. The molecule has 0 fully saturated rings. The highest BCUT2D eigenvalue weighted by molar-refractivity contribution is 7.71. The Hall–Kier alpha value is -1.86. The predicted octanol–water partition coefficient (Wildman–Crippen LogP) is 4.46. The average molecular weight is 283 g/mol. The minimum Gasteiger partial charge on any atom is -0.329 e. The summed E-state index contributed by atoms with van der Waals surface area (Å²) in [6.07, 6.45) is 8.50. The molecule has 102 valence electrons. The smallest absolute Gasteiger partial charge is 0.178 e. The highest BCUT2D eigenvalue weighted by atomic mass is 32.1. The molecule has 1 aromatic heterocycles. The van der Waals surface area contributed by atoms with Crippen molar-refractivity contribution in [1.29, 1.82) is 5.26 Å². The van der Waals surface area contributed by atoms with E-state index in [1.165, 1.54) is 25.7 Å². The largest absolute Gasteiger partial charge is 0.329 e. The topological polar surface area (TPSA) is 44.5 Å². The maximum Gasteiger partial charge on any atom is 0.178 e. The average Bonchev–Trinajstić information content (AvgIpc) is 2.81. The highest BCUT2D eigenvalue weighted by Crippen LogP contribution is 2.23. The monoisotopic (exact) mass is 283 g/mol. The summed E-state index contributed by atoms with van der Waals surface area (Å²) in [4.78, 5) is 3.17. The van der Waals surface area contributed by atoms with Gasteiger partial charge in [0.15, 0.2) is 4.77 Å². The van der Waals surface area contributed by atoms with Crippen LogP contribution in [0.4, 0.5) is 0 Å². The van der Waals surface area contributed by atoms with Crippen LogP contribution in [0.5, 0.6) is 0 Å². The van der Waals surface area contributed by atoms with Crippen LogP contribution in [0.2, 0.25) is 0 Å². The normalized spacial score (nSPS) is 15.1. The molecule has 2 aromatic rings. The Bertz CT molecular complexity index is 758. The second-order valence-electron chi connectivity index (χ2n) is 5.25. The Morgan fingerprint density at radius 2 is 2.25 bits per heavy atom. The molecular weight excluding hydrogens is 266 g/mol. The SMILES string of the molecule is N#Cc1cccc2c1[nH]c(=S)n2CCC1=CCCCC1. The Morgan fingerprint density at radius 3 is 3.00 bits per heavy atom. The van der Waals surface area contributed by atoms with E-state index in [4.69, 9.17) is 17.5 Å². The molecule has 1 N–H and O–H groups in total. The summed E-state index contributed by atoms with van der Waals surface area (Å²) in [6.45, 7) is 0.888. The molecule has 0 saturated heterocycles. The zero-order chi connectivity index (χ0) is 13.9. The molecule has 0 amide bonds. The van der Waals surface area contributed by atoms with Gasteiger partial charge in [0.25, 0.3) is 0 Å². The molecule has 0 spiro atoms. The van der Waals surface area contributed by atoms with Gasteiger partial charge in [-0.1, -0.05) is 17.7 Å². The Labute approximate surface area is 123 Å². The van der Waals surface area contributed by atoms with Crippen molar-refractivity contribution < 1.29 is 0 Å². The van der Waals surface area contributed by atoms with Gasteiger partial charge in [0.1, 0.15) is 6.07 Å². The first-order valence-electron chi connectivity index (χ1n) is 7.09. The summed E-state index contributed by atoms with van der Waals surface area (Å²) in [5, 5.41) is 9.15. The van der Waals surface area contributed by atoms with Crippen molar-refractivity contribution in [2.45, 2.75) is 38.6 Å². The number of rotatable bonds is 3. The van der Waals surface area contributed by atoms with Crippen LogP contribution in [0, 0.1) is 16.1 Å². The molecule has 0 radical (unpaired) electrons. The van der Waals surface area contributed by atoms with Gasteiger partial charge in [-0.05, 0) is 56.5 Å². The van der Waals surface area contributed by atoms with E-state index in [0.29, 0.717) is 10.3 Å². The van der Waals surface area contributed by atoms with Gasteiger partial charge < -0.3 is 9.55 Å². The molecule has 3 nitrogen and oxygen atoms in total. The summed E-state index contributed by atoms with van der Waals surface area (Å²) >= 11 is 5.41. The van der Waals surface area contributed by atoms with Crippen molar-refractivity contribution in [1.82, 2.24) is 9.55 Å². The summed E-state index contributed by atoms with van der Waals surface area (Å²) in [7, 11) is 0. The van der Waals surface area contributed by atoms with Crippen LogP contribution in [0.25, 0.3) is 11.0 Å². The Balaban J connectivity index is 1.92. The van der Waals surface area contributed by atoms with Crippen LogP contribution in [-0.2, 0) is 6.54 Å². The Morgan fingerprint density at radius 1 is 1.35 bits per heavy atom. The van der Waals surface area contributed by atoms with Gasteiger partial charge in [-0.3, -0.25) is 0 Å². The fourth-order valence-corrected chi connectivity index (χ4v) is 3.17. The third-order valence-corrected chi connectivity index (χ3v) is 4.29. The molecule has 1 heterocycles. The number of H-pyrrole nitrogens is 1. The fraction of sp³-hybridized carbons (Fsp3) is 0.375. The number of aromatic amines is 1. The minimum atomic E-state index is 0.657. The van der Waals surface area contributed by atoms with Crippen molar-refractivity contribution >= 4 is 23.3 Å². The first-order chi connectivity index (χ1) is 9.79. The van der Waals surface area contributed by atoms with Crippen molar-refractivity contribution in [2.24, 2.45) is 0 Å². The number of nitrogens with one attached hydrogen (secondary N) is 1. The number of imidazole rings is 1. The second kappa shape index (κ2) is 5.64. The number of hydrogen-bond acceptors (Lipinski definition) is 2. The van der Waals surface area contributed by atoms with Crippen molar-refractivity contribution in [3.05, 3.63) is 40.2 Å². The lowest BCUT2D eigenvalue weighted by Gasteiger charge is -2.13. The number of aromatic nitrogens is 2. The summed E-state index contributed by atoms with van der Waals surface area (Å²) in [6, 6.07) is 7.98. The van der Waals surface area contributed by atoms with Crippen LogP contribution in [0.15, 0.2) is 29.8 Å². The Kier molecular flexibility index (Phi) is 3.70. The molecule has 0 unspecified atom stereocenters. The molecule has 20 heavy (non-hydrogen) atoms. The molecule has 0 atom stereocenters. The number of aryl methyl sites for hydroxylation is 1. The zero-order valence-corrected chi connectivity index (χ0v) is 12.2. The number of nitrogens with zero attached hydrogens (tertiary/aromatic N) is 2. The summed E-state index contributed by atoms with van der Waals surface area (Å²) < 4.78 is 2.82. The molecule has 0 saturated carbocycles.